The van der Waals surface area contributed by atoms with E-state index in [9.17, 15) is 8.42 Å². The van der Waals surface area contributed by atoms with E-state index >= 15 is 0 Å². The zero-order valence-electron chi connectivity index (χ0n) is 11.5. The molecule has 1 saturated heterocycles. The van der Waals surface area contributed by atoms with Gasteiger partial charge in [-0.2, -0.15) is 4.31 Å². The van der Waals surface area contributed by atoms with Crippen LogP contribution >= 0.6 is 0 Å². The molecule has 0 bridgehead atoms. The Bertz CT molecular complexity index is 327. The summed E-state index contributed by atoms with van der Waals surface area (Å²) in [6, 6.07) is 0.155. The number of nitrogens with one attached hydrogen (secondary N) is 1. The van der Waals surface area contributed by atoms with Crippen molar-refractivity contribution in [3.05, 3.63) is 0 Å². The van der Waals surface area contributed by atoms with Crippen LogP contribution in [0, 0.1) is 5.41 Å². The number of nitrogens with zero attached hydrogens (tertiary/aromatic N) is 1. The summed E-state index contributed by atoms with van der Waals surface area (Å²) in [5.74, 6) is 0.233. The Morgan fingerprint density at radius 2 is 2.00 bits per heavy atom. The van der Waals surface area contributed by atoms with Gasteiger partial charge in [0.15, 0.2) is 0 Å². The van der Waals surface area contributed by atoms with Crippen LogP contribution in [0.5, 0.6) is 0 Å². The molecule has 0 aromatic carbocycles. The summed E-state index contributed by atoms with van der Waals surface area (Å²) in [5, 5.41) is 3.24. The first-order valence-corrected chi connectivity index (χ1v) is 8.07. The smallest absolute Gasteiger partial charge is 0.214 e. The molecular formula is C12H26N2O2S. The van der Waals surface area contributed by atoms with Gasteiger partial charge in [-0.05, 0) is 24.8 Å². The zero-order valence-corrected chi connectivity index (χ0v) is 12.3. The van der Waals surface area contributed by atoms with Crippen LogP contribution in [0.1, 0.15) is 40.5 Å². The van der Waals surface area contributed by atoms with Gasteiger partial charge in [-0.25, -0.2) is 8.42 Å². The fourth-order valence-electron chi connectivity index (χ4n) is 2.28. The van der Waals surface area contributed by atoms with Crippen LogP contribution in [0.3, 0.4) is 0 Å². The first-order chi connectivity index (χ1) is 7.76. The molecule has 17 heavy (non-hydrogen) atoms. The number of hydrogen-bond acceptors (Lipinski definition) is 3. The van der Waals surface area contributed by atoms with Crippen molar-refractivity contribution in [1.29, 1.82) is 0 Å². The number of rotatable bonds is 5. The summed E-state index contributed by atoms with van der Waals surface area (Å²) in [6.45, 7) is 10.3. The third-order valence-electron chi connectivity index (χ3n) is 2.86. The lowest BCUT2D eigenvalue weighted by atomic mass is 10.0. The minimum absolute atomic E-state index is 0.155. The molecule has 4 nitrogen and oxygen atoms in total. The lowest BCUT2D eigenvalue weighted by Gasteiger charge is -2.30. The van der Waals surface area contributed by atoms with E-state index in [0.717, 1.165) is 25.9 Å². The highest BCUT2D eigenvalue weighted by atomic mass is 32.2. The minimum Gasteiger partial charge on any atom is -0.315 e. The normalized spacial score (nSPS) is 22.3. The lowest BCUT2D eigenvalue weighted by Crippen LogP contribution is -2.45. The minimum atomic E-state index is -3.13. The molecular weight excluding hydrogens is 236 g/mol. The van der Waals surface area contributed by atoms with Gasteiger partial charge in [-0.15, -0.1) is 0 Å². The van der Waals surface area contributed by atoms with Crippen LogP contribution in [-0.4, -0.2) is 44.2 Å². The molecule has 1 unspecified atom stereocenters. The average Bonchev–Trinajstić information content (AvgIpc) is 2.62. The van der Waals surface area contributed by atoms with Crippen molar-refractivity contribution in [2.24, 2.45) is 5.41 Å². The Hall–Kier alpha value is -0.130. The van der Waals surface area contributed by atoms with Crippen molar-refractivity contribution in [3.8, 4) is 0 Å². The van der Waals surface area contributed by atoms with E-state index in [1.807, 2.05) is 27.7 Å². The van der Waals surface area contributed by atoms with Crippen molar-refractivity contribution in [2.75, 3.05) is 25.4 Å². The molecule has 5 heteroatoms. The molecule has 1 aliphatic heterocycles. The first kappa shape index (κ1) is 14.9. The molecule has 0 aromatic rings. The van der Waals surface area contributed by atoms with E-state index in [2.05, 4.69) is 5.32 Å². The summed E-state index contributed by atoms with van der Waals surface area (Å²) in [5.41, 5.74) is -0.184. The average molecular weight is 262 g/mol. The Balaban J connectivity index is 2.81. The molecule has 102 valence electrons. The Morgan fingerprint density at radius 3 is 2.41 bits per heavy atom. The van der Waals surface area contributed by atoms with Crippen LogP contribution in [0.2, 0.25) is 0 Å². The van der Waals surface area contributed by atoms with Gasteiger partial charge in [0.2, 0.25) is 10.0 Å². The Kier molecular flexibility index (Phi) is 4.98. The third-order valence-corrected chi connectivity index (χ3v) is 5.28. The molecule has 1 rings (SSSR count). The van der Waals surface area contributed by atoms with Crippen LogP contribution in [-0.2, 0) is 10.0 Å². The van der Waals surface area contributed by atoms with Crippen molar-refractivity contribution in [1.82, 2.24) is 9.62 Å². The lowest BCUT2D eigenvalue weighted by molar-refractivity contribution is 0.326. The monoisotopic (exact) mass is 262 g/mol. The molecule has 1 atom stereocenters. The highest BCUT2D eigenvalue weighted by molar-refractivity contribution is 7.89. The van der Waals surface area contributed by atoms with Gasteiger partial charge in [0.1, 0.15) is 0 Å². The largest absolute Gasteiger partial charge is 0.315 e. The van der Waals surface area contributed by atoms with Gasteiger partial charge in [0.25, 0.3) is 0 Å². The van der Waals surface area contributed by atoms with Crippen molar-refractivity contribution in [2.45, 2.75) is 46.6 Å². The Morgan fingerprint density at radius 1 is 1.35 bits per heavy atom. The van der Waals surface area contributed by atoms with Crippen LogP contribution < -0.4 is 5.32 Å². The SMILES string of the molecule is CCCN(C1CCNC1)S(=O)(=O)CC(C)(C)C. The van der Waals surface area contributed by atoms with Gasteiger partial charge in [-0.3, -0.25) is 0 Å². The van der Waals surface area contributed by atoms with E-state index in [1.54, 1.807) is 4.31 Å². The summed E-state index contributed by atoms with van der Waals surface area (Å²) in [4.78, 5) is 0. The highest BCUT2D eigenvalue weighted by Crippen LogP contribution is 2.22. The van der Waals surface area contributed by atoms with Gasteiger partial charge in [0, 0.05) is 19.1 Å². The number of sulfonamides is 1. The molecule has 1 heterocycles. The molecule has 0 aromatic heterocycles. The predicted octanol–water partition coefficient (Wildman–Crippen LogP) is 1.44. The first-order valence-electron chi connectivity index (χ1n) is 6.46. The topological polar surface area (TPSA) is 49.4 Å². The summed E-state index contributed by atoms with van der Waals surface area (Å²) in [7, 11) is -3.13. The van der Waals surface area contributed by atoms with E-state index in [0.29, 0.717) is 6.54 Å². The van der Waals surface area contributed by atoms with Crippen LogP contribution in [0.25, 0.3) is 0 Å². The van der Waals surface area contributed by atoms with Crippen molar-refractivity contribution in [3.63, 3.8) is 0 Å². The molecule has 1 fully saturated rings. The fraction of sp³-hybridized carbons (Fsp3) is 1.00. The highest BCUT2D eigenvalue weighted by Gasteiger charge is 2.33. The van der Waals surface area contributed by atoms with Crippen molar-refractivity contribution >= 4 is 10.0 Å². The van der Waals surface area contributed by atoms with E-state index < -0.39 is 10.0 Å². The van der Waals surface area contributed by atoms with E-state index in [1.165, 1.54) is 0 Å². The van der Waals surface area contributed by atoms with Gasteiger partial charge >= 0.3 is 0 Å². The van der Waals surface area contributed by atoms with E-state index in [-0.39, 0.29) is 17.2 Å². The predicted molar refractivity (Wildman–Crippen MR) is 71.5 cm³/mol. The molecule has 0 aliphatic carbocycles. The van der Waals surface area contributed by atoms with Crippen molar-refractivity contribution < 1.29 is 8.42 Å². The molecule has 1 aliphatic rings. The van der Waals surface area contributed by atoms with Gasteiger partial charge in [-0.1, -0.05) is 27.7 Å². The molecule has 0 spiro atoms. The fourth-order valence-corrected chi connectivity index (χ4v) is 4.64. The molecule has 0 saturated carbocycles. The second kappa shape index (κ2) is 5.67. The van der Waals surface area contributed by atoms with Crippen LogP contribution in [0.15, 0.2) is 0 Å². The standard InChI is InChI=1S/C12H26N2O2S/c1-5-8-14(11-6-7-13-9-11)17(15,16)10-12(2,3)4/h11,13H,5-10H2,1-4H3. The third kappa shape index (κ3) is 4.56. The van der Waals surface area contributed by atoms with Gasteiger partial charge < -0.3 is 5.32 Å². The van der Waals surface area contributed by atoms with Gasteiger partial charge in [0.05, 0.1) is 5.75 Å². The summed E-state index contributed by atoms with van der Waals surface area (Å²) < 4.78 is 26.6. The maximum Gasteiger partial charge on any atom is 0.214 e. The second-order valence-electron chi connectivity index (χ2n) is 6.07. The maximum absolute atomic E-state index is 12.4. The molecule has 1 N–H and O–H groups in total. The molecule has 0 radical (unpaired) electrons. The molecule has 0 amide bonds. The van der Waals surface area contributed by atoms with E-state index in [4.69, 9.17) is 0 Å². The number of hydrogen-bond donors (Lipinski definition) is 1. The maximum atomic E-state index is 12.4. The quantitative estimate of drug-likeness (QED) is 0.815. The summed E-state index contributed by atoms with van der Waals surface area (Å²) >= 11 is 0. The second-order valence-corrected chi connectivity index (χ2v) is 8.00. The summed E-state index contributed by atoms with van der Waals surface area (Å²) in [6.07, 6.45) is 1.81. The van der Waals surface area contributed by atoms with Crippen LogP contribution in [0.4, 0.5) is 0 Å². The zero-order chi connectivity index (χ0) is 13.1. The Labute approximate surface area is 106 Å².